The summed E-state index contributed by atoms with van der Waals surface area (Å²) in [4.78, 5) is 12.5. The largest absolute Gasteiger partial charge is 0.391 e. The minimum absolute atomic E-state index is 0.234. The molecule has 1 unspecified atom stereocenters. The molecule has 1 saturated carbocycles. The van der Waals surface area contributed by atoms with Crippen molar-refractivity contribution in [1.82, 2.24) is 24.7 Å². The monoisotopic (exact) mass is 359 g/mol. The Kier molecular flexibility index (Phi) is 4.19. The normalized spacial score (nSPS) is 23.2. The van der Waals surface area contributed by atoms with Crippen LogP contribution in [0.1, 0.15) is 23.3 Å². The van der Waals surface area contributed by atoms with E-state index in [4.69, 9.17) is 11.6 Å². The van der Waals surface area contributed by atoms with Crippen LogP contribution >= 0.6 is 11.6 Å². The van der Waals surface area contributed by atoms with Crippen molar-refractivity contribution in [3.63, 3.8) is 0 Å². The molecule has 4 rings (SSSR count). The zero-order valence-electron chi connectivity index (χ0n) is 13.4. The van der Waals surface area contributed by atoms with Crippen LogP contribution in [0.5, 0.6) is 0 Å². The number of aliphatic hydroxyl groups is 1. The first-order valence-electron chi connectivity index (χ1n) is 8.20. The molecule has 1 aliphatic rings. The highest BCUT2D eigenvalue weighted by Gasteiger charge is 2.34. The van der Waals surface area contributed by atoms with Gasteiger partial charge in [-0.15, -0.1) is 0 Å². The zero-order valence-corrected chi connectivity index (χ0v) is 14.2. The Balaban J connectivity index is 1.40. The minimum atomic E-state index is -0.572. The molecule has 0 bridgehead atoms. The standard InChI is InChI=1S/C17H18ClN5O2/c18-12-8-19-22(10-12)9-11-5-14(16(24)6-11)20-17(25)15-7-13-3-1-2-4-23(13)21-15/h1-4,7-8,10-11,14,16,24H,5-6,9H2,(H,20,25)/t11?,14-,16-/m1/s1. The summed E-state index contributed by atoms with van der Waals surface area (Å²) in [5, 5.41) is 22.2. The first-order valence-corrected chi connectivity index (χ1v) is 8.57. The van der Waals surface area contributed by atoms with Gasteiger partial charge in [0.15, 0.2) is 5.69 Å². The van der Waals surface area contributed by atoms with Crippen molar-refractivity contribution in [3.05, 3.63) is 53.6 Å². The number of carbonyl (C=O) groups is 1. The van der Waals surface area contributed by atoms with Crippen LogP contribution in [0.15, 0.2) is 42.9 Å². The molecule has 25 heavy (non-hydrogen) atoms. The van der Waals surface area contributed by atoms with E-state index >= 15 is 0 Å². The van der Waals surface area contributed by atoms with E-state index in [2.05, 4.69) is 15.5 Å². The second-order valence-corrected chi connectivity index (χ2v) is 6.90. The van der Waals surface area contributed by atoms with Crippen LogP contribution in [-0.2, 0) is 6.54 Å². The molecule has 1 fully saturated rings. The maximum atomic E-state index is 12.5. The Hall–Kier alpha value is -2.38. The fourth-order valence-electron chi connectivity index (χ4n) is 3.42. The van der Waals surface area contributed by atoms with Gasteiger partial charge in [-0.05, 0) is 37.0 Å². The van der Waals surface area contributed by atoms with E-state index in [1.54, 1.807) is 33.9 Å². The van der Waals surface area contributed by atoms with Crippen molar-refractivity contribution in [3.8, 4) is 0 Å². The van der Waals surface area contributed by atoms with Gasteiger partial charge in [-0.3, -0.25) is 9.48 Å². The van der Waals surface area contributed by atoms with Gasteiger partial charge in [0.05, 0.1) is 28.9 Å². The lowest BCUT2D eigenvalue weighted by atomic mass is 10.1. The minimum Gasteiger partial charge on any atom is -0.391 e. The van der Waals surface area contributed by atoms with Crippen LogP contribution < -0.4 is 5.32 Å². The molecule has 0 aromatic carbocycles. The molecule has 1 aliphatic carbocycles. The summed E-state index contributed by atoms with van der Waals surface area (Å²) in [6, 6.07) is 7.09. The van der Waals surface area contributed by atoms with Gasteiger partial charge >= 0.3 is 0 Å². The van der Waals surface area contributed by atoms with Crippen molar-refractivity contribution >= 4 is 23.0 Å². The van der Waals surface area contributed by atoms with Crippen molar-refractivity contribution in [2.24, 2.45) is 5.92 Å². The maximum Gasteiger partial charge on any atom is 0.272 e. The molecular formula is C17H18ClN5O2. The van der Waals surface area contributed by atoms with Gasteiger partial charge in [0, 0.05) is 18.9 Å². The first kappa shape index (κ1) is 16.1. The number of aliphatic hydroxyl groups excluding tert-OH is 1. The SMILES string of the molecule is O=C(N[C@@H]1CC(Cn2cc(Cl)cn2)C[C@H]1O)c1cc2ccccn2n1. The quantitative estimate of drug-likeness (QED) is 0.743. The number of fused-ring (bicyclic) bond motifs is 1. The number of halogens is 1. The molecular weight excluding hydrogens is 342 g/mol. The number of rotatable bonds is 4. The summed E-state index contributed by atoms with van der Waals surface area (Å²) >= 11 is 5.87. The molecule has 0 radical (unpaired) electrons. The Morgan fingerprint density at radius 2 is 2.28 bits per heavy atom. The van der Waals surface area contributed by atoms with Gasteiger partial charge in [-0.25, -0.2) is 4.52 Å². The van der Waals surface area contributed by atoms with Gasteiger partial charge in [-0.2, -0.15) is 10.2 Å². The lowest BCUT2D eigenvalue weighted by molar-refractivity contribution is 0.0867. The van der Waals surface area contributed by atoms with Crippen molar-refractivity contribution in [2.45, 2.75) is 31.5 Å². The number of aromatic nitrogens is 4. The Labute approximate surface area is 149 Å². The molecule has 0 spiro atoms. The first-order chi connectivity index (χ1) is 12.1. The van der Waals surface area contributed by atoms with E-state index in [0.717, 1.165) is 5.52 Å². The second kappa shape index (κ2) is 6.50. The highest BCUT2D eigenvalue weighted by molar-refractivity contribution is 6.30. The van der Waals surface area contributed by atoms with Gasteiger partial charge in [0.25, 0.3) is 5.91 Å². The molecule has 0 aliphatic heterocycles. The van der Waals surface area contributed by atoms with Gasteiger partial charge in [0.2, 0.25) is 0 Å². The molecule has 130 valence electrons. The Bertz CT molecular complexity index is 872. The second-order valence-electron chi connectivity index (χ2n) is 6.46. The lowest BCUT2D eigenvalue weighted by Gasteiger charge is -2.15. The van der Waals surface area contributed by atoms with E-state index in [1.807, 2.05) is 18.2 Å². The number of nitrogens with one attached hydrogen (secondary N) is 1. The van der Waals surface area contributed by atoms with Crippen LogP contribution in [0.25, 0.3) is 5.52 Å². The third-order valence-electron chi connectivity index (χ3n) is 4.59. The van der Waals surface area contributed by atoms with Gasteiger partial charge < -0.3 is 10.4 Å². The van der Waals surface area contributed by atoms with Gasteiger partial charge in [-0.1, -0.05) is 17.7 Å². The number of hydrogen-bond donors (Lipinski definition) is 2. The molecule has 3 atom stereocenters. The summed E-state index contributed by atoms with van der Waals surface area (Å²) in [5.41, 5.74) is 1.20. The summed E-state index contributed by atoms with van der Waals surface area (Å²) in [5.74, 6) is -0.0344. The average Bonchev–Trinajstić information content (AvgIpc) is 3.27. The summed E-state index contributed by atoms with van der Waals surface area (Å²) in [7, 11) is 0. The highest BCUT2D eigenvalue weighted by atomic mass is 35.5. The van der Waals surface area contributed by atoms with Crippen LogP contribution in [-0.4, -0.2) is 42.6 Å². The third kappa shape index (κ3) is 3.38. The van der Waals surface area contributed by atoms with E-state index in [9.17, 15) is 9.90 Å². The lowest BCUT2D eigenvalue weighted by Crippen LogP contribution is -2.40. The Morgan fingerprint density at radius 3 is 3.04 bits per heavy atom. The predicted octanol–water partition coefficient (Wildman–Crippen LogP) is 1.75. The number of amides is 1. The van der Waals surface area contributed by atoms with Crippen molar-refractivity contribution in [1.29, 1.82) is 0 Å². The van der Waals surface area contributed by atoms with Crippen LogP contribution in [0, 0.1) is 5.92 Å². The topological polar surface area (TPSA) is 84.5 Å². The molecule has 3 heterocycles. The molecule has 7 nitrogen and oxygen atoms in total. The van der Waals surface area contributed by atoms with Crippen LogP contribution in [0.3, 0.4) is 0 Å². The van der Waals surface area contributed by atoms with Crippen molar-refractivity contribution < 1.29 is 9.90 Å². The molecule has 3 aromatic heterocycles. The molecule has 2 N–H and O–H groups in total. The summed E-state index contributed by atoms with van der Waals surface area (Å²) in [6.45, 7) is 0.671. The molecule has 3 aromatic rings. The number of hydrogen-bond acceptors (Lipinski definition) is 4. The summed E-state index contributed by atoms with van der Waals surface area (Å²) < 4.78 is 3.43. The Morgan fingerprint density at radius 1 is 1.40 bits per heavy atom. The van der Waals surface area contributed by atoms with Crippen molar-refractivity contribution in [2.75, 3.05) is 0 Å². The van der Waals surface area contributed by atoms with Crippen LogP contribution in [0.2, 0.25) is 5.02 Å². The number of carbonyl (C=O) groups excluding carboxylic acids is 1. The highest BCUT2D eigenvalue weighted by Crippen LogP contribution is 2.28. The molecule has 0 saturated heterocycles. The number of pyridine rings is 1. The maximum absolute atomic E-state index is 12.5. The van der Waals surface area contributed by atoms with E-state index in [-0.39, 0.29) is 17.9 Å². The van der Waals surface area contributed by atoms with E-state index in [0.29, 0.717) is 30.1 Å². The van der Waals surface area contributed by atoms with E-state index < -0.39 is 6.10 Å². The third-order valence-corrected chi connectivity index (χ3v) is 4.79. The molecule has 1 amide bonds. The predicted molar refractivity (Wildman–Crippen MR) is 92.4 cm³/mol. The number of nitrogens with zero attached hydrogens (tertiary/aromatic N) is 4. The molecule has 8 heteroatoms. The fraction of sp³-hybridized carbons (Fsp3) is 0.353. The zero-order chi connectivity index (χ0) is 17.4. The average molecular weight is 360 g/mol. The van der Waals surface area contributed by atoms with Gasteiger partial charge in [0.1, 0.15) is 0 Å². The fourth-order valence-corrected chi connectivity index (χ4v) is 3.57. The summed E-state index contributed by atoms with van der Waals surface area (Å²) in [6.07, 6.45) is 5.89. The van der Waals surface area contributed by atoms with E-state index in [1.165, 1.54) is 0 Å². The van der Waals surface area contributed by atoms with Crippen LogP contribution in [0.4, 0.5) is 0 Å². The smallest absolute Gasteiger partial charge is 0.272 e.